The number of rotatable bonds is 1. The third-order valence-corrected chi connectivity index (χ3v) is 2.11. The summed E-state index contributed by atoms with van der Waals surface area (Å²) in [6.45, 7) is 1.89. The SMILES string of the molecule is Cc1coc(-c2ccco2)c1Cl. The minimum absolute atomic E-state index is 0.596. The van der Waals surface area contributed by atoms with Crippen LogP contribution in [0.25, 0.3) is 11.5 Å². The van der Waals surface area contributed by atoms with Crippen LogP contribution in [-0.4, -0.2) is 0 Å². The van der Waals surface area contributed by atoms with Gasteiger partial charge in [0.15, 0.2) is 11.5 Å². The van der Waals surface area contributed by atoms with Crippen LogP contribution in [0.1, 0.15) is 5.56 Å². The lowest BCUT2D eigenvalue weighted by atomic mass is 10.3. The Bertz CT molecular complexity index is 373. The Hall–Kier alpha value is -1.15. The van der Waals surface area contributed by atoms with Crippen molar-refractivity contribution in [3.63, 3.8) is 0 Å². The fourth-order valence-electron chi connectivity index (χ4n) is 1.00. The molecule has 0 saturated heterocycles. The first-order valence-corrected chi connectivity index (χ1v) is 3.94. The third kappa shape index (κ3) is 1.04. The van der Waals surface area contributed by atoms with Gasteiger partial charge in [-0.05, 0) is 19.1 Å². The first-order chi connectivity index (χ1) is 5.79. The Morgan fingerprint density at radius 3 is 2.67 bits per heavy atom. The predicted molar refractivity (Wildman–Crippen MR) is 46.2 cm³/mol. The van der Waals surface area contributed by atoms with Crippen molar-refractivity contribution in [2.24, 2.45) is 0 Å². The molecule has 0 atom stereocenters. The van der Waals surface area contributed by atoms with Crippen LogP contribution in [0.5, 0.6) is 0 Å². The van der Waals surface area contributed by atoms with Crippen molar-refractivity contribution in [1.82, 2.24) is 0 Å². The Labute approximate surface area is 74.7 Å². The molecule has 0 amide bonds. The normalized spacial score (nSPS) is 10.5. The second-order valence-corrected chi connectivity index (χ2v) is 2.92. The van der Waals surface area contributed by atoms with Gasteiger partial charge in [0.2, 0.25) is 0 Å². The minimum atomic E-state index is 0.596. The van der Waals surface area contributed by atoms with Crippen molar-refractivity contribution in [3.05, 3.63) is 35.2 Å². The molecule has 0 fully saturated rings. The van der Waals surface area contributed by atoms with E-state index in [4.69, 9.17) is 20.4 Å². The molecule has 2 nitrogen and oxygen atoms in total. The maximum atomic E-state index is 5.95. The maximum absolute atomic E-state index is 5.95. The van der Waals surface area contributed by atoms with E-state index in [1.165, 1.54) is 0 Å². The second-order valence-electron chi connectivity index (χ2n) is 2.54. The van der Waals surface area contributed by atoms with Crippen LogP contribution in [-0.2, 0) is 0 Å². The fourth-order valence-corrected chi connectivity index (χ4v) is 1.19. The fraction of sp³-hybridized carbons (Fsp3) is 0.111. The van der Waals surface area contributed by atoms with Gasteiger partial charge in [-0.2, -0.15) is 0 Å². The van der Waals surface area contributed by atoms with Gasteiger partial charge in [0, 0.05) is 5.56 Å². The molecule has 0 bridgehead atoms. The monoisotopic (exact) mass is 182 g/mol. The summed E-state index contributed by atoms with van der Waals surface area (Å²) in [7, 11) is 0. The molecule has 0 aromatic carbocycles. The van der Waals surface area contributed by atoms with Gasteiger partial charge in [0.1, 0.15) is 0 Å². The van der Waals surface area contributed by atoms with E-state index in [0.29, 0.717) is 16.5 Å². The van der Waals surface area contributed by atoms with Crippen molar-refractivity contribution in [2.75, 3.05) is 0 Å². The number of aryl methyl sites for hydroxylation is 1. The Morgan fingerprint density at radius 2 is 2.17 bits per heavy atom. The van der Waals surface area contributed by atoms with Crippen LogP contribution in [0.2, 0.25) is 5.02 Å². The molecule has 0 aliphatic rings. The second kappa shape index (κ2) is 2.72. The number of halogens is 1. The molecule has 2 rings (SSSR count). The summed E-state index contributed by atoms with van der Waals surface area (Å²) >= 11 is 5.95. The van der Waals surface area contributed by atoms with Crippen LogP contribution >= 0.6 is 11.6 Å². The van der Waals surface area contributed by atoms with Gasteiger partial charge in [-0.15, -0.1) is 0 Å². The van der Waals surface area contributed by atoms with Gasteiger partial charge in [0.25, 0.3) is 0 Å². The van der Waals surface area contributed by atoms with Gasteiger partial charge in [-0.3, -0.25) is 0 Å². The quantitative estimate of drug-likeness (QED) is 0.675. The maximum Gasteiger partial charge on any atom is 0.187 e. The Balaban J connectivity index is 2.55. The van der Waals surface area contributed by atoms with E-state index in [0.717, 1.165) is 5.56 Å². The molecule has 0 saturated carbocycles. The lowest BCUT2D eigenvalue weighted by molar-refractivity contribution is 0.524. The van der Waals surface area contributed by atoms with E-state index in [2.05, 4.69) is 0 Å². The van der Waals surface area contributed by atoms with E-state index in [1.807, 2.05) is 13.0 Å². The number of hydrogen-bond donors (Lipinski definition) is 0. The molecular formula is C9H7ClO2. The molecule has 3 heteroatoms. The molecule has 0 radical (unpaired) electrons. The number of hydrogen-bond acceptors (Lipinski definition) is 2. The molecule has 0 N–H and O–H groups in total. The van der Waals surface area contributed by atoms with Gasteiger partial charge in [-0.25, -0.2) is 0 Å². The highest BCUT2D eigenvalue weighted by Gasteiger charge is 2.12. The zero-order valence-corrected chi connectivity index (χ0v) is 7.26. The Morgan fingerprint density at radius 1 is 1.33 bits per heavy atom. The van der Waals surface area contributed by atoms with Crippen molar-refractivity contribution < 1.29 is 8.83 Å². The highest BCUT2D eigenvalue weighted by Crippen LogP contribution is 2.31. The van der Waals surface area contributed by atoms with Crippen LogP contribution in [0.4, 0.5) is 0 Å². The molecule has 0 aliphatic carbocycles. The molecule has 0 spiro atoms. The van der Waals surface area contributed by atoms with E-state index < -0.39 is 0 Å². The standard InChI is InChI=1S/C9H7ClO2/c1-6-5-12-9(8(6)10)7-3-2-4-11-7/h2-5H,1H3. The zero-order chi connectivity index (χ0) is 8.55. The summed E-state index contributed by atoms with van der Waals surface area (Å²) in [6.07, 6.45) is 3.20. The molecule has 0 aliphatic heterocycles. The van der Waals surface area contributed by atoms with E-state index >= 15 is 0 Å². The summed E-state index contributed by atoms with van der Waals surface area (Å²) in [5.74, 6) is 1.26. The molecular weight excluding hydrogens is 176 g/mol. The van der Waals surface area contributed by atoms with Crippen LogP contribution in [0.15, 0.2) is 33.5 Å². The molecule has 2 aromatic heterocycles. The van der Waals surface area contributed by atoms with E-state index in [1.54, 1.807) is 18.6 Å². The molecule has 62 valence electrons. The predicted octanol–water partition coefficient (Wildman–Crippen LogP) is 3.50. The summed E-state index contributed by atoms with van der Waals surface area (Å²) in [5.41, 5.74) is 0.920. The largest absolute Gasteiger partial charge is 0.461 e. The lowest BCUT2D eigenvalue weighted by Gasteiger charge is -1.89. The third-order valence-electron chi connectivity index (χ3n) is 1.64. The lowest BCUT2D eigenvalue weighted by Crippen LogP contribution is -1.68. The van der Waals surface area contributed by atoms with E-state index in [-0.39, 0.29) is 0 Å². The first-order valence-electron chi connectivity index (χ1n) is 3.56. The van der Waals surface area contributed by atoms with Crippen LogP contribution in [0.3, 0.4) is 0 Å². The van der Waals surface area contributed by atoms with Gasteiger partial charge in [-0.1, -0.05) is 11.6 Å². The summed E-state index contributed by atoms with van der Waals surface area (Å²) < 4.78 is 10.3. The van der Waals surface area contributed by atoms with Gasteiger partial charge < -0.3 is 8.83 Å². The Kier molecular flexibility index (Phi) is 1.70. The van der Waals surface area contributed by atoms with Crippen molar-refractivity contribution in [2.45, 2.75) is 6.92 Å². The average Bonchev–Trinajstić information content (AvgIpc) is 2.64. The molecule has 0 unspecified atom stereocenters. The van der Waals surface area contributed by atoms with Crippen LogP contribution in [0, 0.1) is 6.92 Å². The zero-order valence-electron chi connectivity index (χ0n) is 6.50. The topological polar surface area (TPSA) is 26.3 Å². The van der Waals surface area contributed by atoms with Gasteiger partial charge >= 0.3 is 0 Å². The molecule has 2 heterocycles. The van der Waals surface area contributed by atoms with E-state index in [9.17, 15) is 0 Å². The average molecular weight is 183 g/mol. The summed E-state index contributed by atoms with van der Waals surface area (Å²) in [4.78, 5) is 0. The van der Waals surface area contributed by atoms with Gasteiger partial charge in [0.05, 0.1) is 17.5 Å². The highest BCUT2D eigenvalue weighted by molar-refractivity contribution is 6.33. The van der Waals surface area contributed by atoms with Crippen molar-refractivity contribution >= 4 is 11.6 Å². The van der Waals surface area contributed by atoms with Crippen molar-refractivity contribution in [3.8, 4) is 11.5 Å². The van der Waals surface area contributed by atoms with Crippen LogP contribution < -0.4 is 0 Å². The molecule has 12 heavy (non-hydrogen) atoms. The first kappa shape index (κ1) is 7.50. The smallest absolute Gasteiger partial charge is 0.187 e. The molecule has 2 aromatic rings. The summed E-state index contributed by atoms with van der Waals surface area (Å²) in [6, 6.07) is 3.60. The minimum Gasteiger partial charge on any atom is -0.461 e. The summed E-state index contributed by atoms with van der Waals surface area (Å²) in [5, 5.41) is 0.616. The van der Waals surface area contributed by atoms with Crippen molar-refractivity contribution in [1.29, 1.82) is 0 Å². The number of furan rings is 2. The highest BCUT2D eigenvalue weighted by atomic mass is 35.5.